The molecule has 2 aliphatic heterocycles. The summed E-state index contributed by atoms with van der Waals surface area (Å²) in [6.07, 6.45) is 23.1. The number of allylic oxidation sites excluding steroid dienone is 3. The van der Waals surface area contributed by atoms with Gasteiger partial charge in [-0.2, -0.15) is 0 Å². The zero-order chi connectivity index (χ0) is 72.1. The summed E-state index contributed by atoms with van der Waals surface area (Å²) in [6, 6.07) is 0. The van der Waals surface area contributed by atoms with Crippen molar-refractivity contribution >= 4 is 29.9 Å². The van der Waals surface area contributed by atoms with E-state index in [1.807, 2.05) is 116 Å². The second-order valence-electron chi connectivity index (χ2n) is 32.1. The number of hydrogen-bond donors (Lipinski definition) is 2. The smallest absolute Gasteiger partial charge is 0.457 e. The first-order valence-electron chi connectivity index (χ1n) is 29.7. The topological polar surface area (TPSA) is 171 Å². The van der Waals surface area contributed by atoms with Gasteiger partial charge in [-0.1, -0.05) is 170 Å². The summed E-state index contributed by atoms with van der Waals surface area (Å²) in [6.45, 7) is 92.2. The summed E-state index contributed by atoms with van der Waals surface area (Å²) in [5, 5.41) is 5.30. The number of epoxide rings is 2. The summed E-state index contributed by atoms with van der Waals surface area (Å²) in [7, 11) is 0. The maximum Gasteiger partial charge on any atom is 0.513 e. The minimum atomic E-state index is -0.720. The quantitative estimate of drug-likeness (QED) is 0.0473. The molecule has 0 aromatic heterocycles. The van der Waals surface area contributed by atoms with Gasteiger partial charge in [0.1, 0.15) is 11.2 Å². The number of ketones is 1. The molecular formula is C74H136N2O11. The highest BCUT2D eigenvalue weighted by atomic mass is 16.7. The molecule has 0 aliphatic carbocycles. The van der Waals surface area contributed by atoms with E-state index in [0.717, 1.165) is 44.7 Å². The summed E-state index contributed by atoms with van der Waals surface area (Å²) in [5.74, 6) is 4.81. The van der Waals surface area contributed by atoms with Gasteiger partial charge in [0.15, 0.2) is 5.78 Å². The molecular weight excluding hydrogens is 1090 g/mol. The maximum atomic E-state index is 10.7. The van der Waals surface area contributed by atoms with E-state index in [2.05, 4.69) is 182 Å². The molecule has 0 aromatic carbocycles. The lowest BCUT2D eigenvalue weighted by Gasteiger charge is -2.18. The van der Waals surface area contributed by atoms with Crippen molar-refractivity contribution in [3.05, 3.63) is 89.0 Å². The highest BCUT2D eigenvalue weighted by molar-refractivity contribution is 5.93. The third-order valence-electron chi connectivity index (χ3n) is 8.39. The Morgan fingerprint density at radius 3 is 1.01 bits per heavy atom. The van der Waals surface area contributed by atoms with Gasteiger partial charge in [0.05, 0.1) is 37.9 Å². The first-order valence-corrected chi connectivity index (χ1v) is 29.7. The van der Waals surface area contributed by atoms with Gasteiger partial charge in [-0.05, 0) is 156 Å². The number of rotatable bonds is 7. The SMILES string of the molecule is C#CC(C)(C)C.C#CCC(C)(C)C.C=CC(=O)C(C)(C)C.C=CC(=O)NC(C)(C)C.C=CC(=O)OC(C)(C)C.C=CC(C)(C)C.C=CCC(C)(C)C.C=COC(=O)NC(C)(C)C.C=COC(=O)OC(C)(C)C.CC(C)(C)C1CO1.CC(C)(C)CC1CO1. The predicted molar refractivity (Wildman–Crippen MR) is 374 cm³/mol. The number of alkyl carbamates (subject to hydrolysis) is 1. The van der Waals surface area contributed by atoms with E-state index in [4.69, 9.17) is 31.8 Å². The average molecular weight is 1230 g/mol. The molecule has 2 amide bonds. The molecule has 2 unspecified atom stereocenters. The summed E-state index contributed by atoms with van der Waals surface area (Å²) in [4.78, 5) is 53.0. The molecule has 508 valence electrons. The van der Waals surface area contributed by atoms with Crippen LogP contribution in [0, 0.1) is 62.6 Å². The lowest BCUT2D eigenvalue weighted by molar-refractivity contribution is -0.148. The number of amides is 2. The minimum Gasteiger partial charge on any atom is -0.457 e. The lowest BCUT2D eigenvalue weighted by atomic mass is 9.91. The van der Waals surface area contributed by atoms with Crippen LogP contribution in [-0.2, 0) is 42.8 Å². The third-order valence-corrected chi connectivity index (χ3v) is 8.39. The monoisotopic (exact) mass is 1230 g/mol. The normalized spacial score (nSPS) is 13.8. The number of carbonyl (C=O) groups excluding carboxylic acids is 5. The second-order valence-corrected chi connectivity index (χ2v) is 32.1. The van der Waals surface area contributed by atoms with Crippen molar-refractivity contribution in [1.82, 2.24) is 10.6 Å². The highest BCUT2D eigenvalue weighted by Gasteiger charge is 2.35. The van der Waals surface area contributed by atoms with Gasteiger partial charge in [0.2, 0.25) is 5.91 Å². The summed E-state index contributed by atoms with van der Waals surface area (Å²) < 4.78 is 28.5. The molecule has 0 bridgehead atoms. The molecule has 2 N–H and O–H groups in total. The van der Waals surface area contributed by atoms with Crippen molar-refractivity contribution in [1.29, 1.82) is 0 Å². The van der Waals surface area contributed by atoms with E-state index in [0.29, 0.717) is 39.3 Å². The Balaban J connectivity index is -0.000000110. The van der Waals surface area contributed by atoms with Gasteiger partial charge in [-0.15, -0.1) is 37.8 Å². The van der Waals surface area contributed by atoms with Crippen LogP contribution in [0.1, 0.15) is 248 Å². The number of terminal acetylenes is 2. The molecule has 87 heavy (non-hydrogen) atoms. The van der Waals surface area contributed by atoms with Crippen molar-refractivity contribution < 1.29 is 52.4 Å². The van der Waals surface area contributed by atoms with Crippen LogP contribution in [0.5, 0.6) is 0 Å². The minimum absolute atomic E-state index is 0.0694. The Morgan fingerprint density at radius 1 is 0.529 bits per heavy atom. The lowest BCUT2D eigenvalue weighted by Crippen LogP contribution is -2.40. The molecule has 0 saturated carbocycles. The zero-order valence-corrected chi connectivity index (χ0v) is 62.3. The van der Waals surface area contributed by atoms with E-state index in [1.54, 1.807) is 20.8 Å². The van der Waals surface area contributed by atoms with Gasteiger partial charge < -0.3 is 39.1 Å². The molecule has 13 heteroatoms. The van der Waals surface area contributed by atoms with Crippen molar-refractivity contribution in [2.45, 2.75) is 282 Å². The highest BCUT2D eigenvalue weighted by Crippen LogP contribution is 2.31. The summed E-state index contributed by atoms with van der Waals surface area (Å²) in [5.41, 5.74) is 0.427. The largest absolute Gasteiger partial charge is 0.513 e. The number of carbonyl (C=O) groups is 5. The zero-order valence-electron chi connectivity index (χ0n) is 62.3. The molecule has 2 saturated heterocycles. The van der Waals surface area contributed by atoms with Gasteiger partial charge in [0.25, 0.3) is 0 Å². The van der Waals surface area contributed by atoms with Crippen molar-refractivity contribution in [3.63, 3.8) is 0 Å². The van der Waals surface area contributed by atoms with E-state index >= 15 is 0 Å². The average Bonchev–Trinajstić information content (AvgIpc) is 4.20. The molecule has 2 atom stereocenters. The Morgan fingerprint density at radius 2 is 0.908 bits per heavy atom. The van der Waals surface area contributed by atoms with Gasteiger partial charge in [-0.25, -0.2) is 14.4 Å². The number of hydrogen-bond acceptors (Lipinski definition) is 11. The molecule has 2 heterocycles. The van der Waals surface area contributed by atoms with Crippen LogP contribution >= 0.6 is 0 Å². The van der Waals surface area contributed by atoms with Crippen molar-refractivity contribution in [2.75, 3.05) is 13.2 Å². The molecule has 0 spiro atoms. The Labute approximate surface area is 537 Å². The Bertz CT molecular complexity index is 1960. The molecule has 2 rings (SSSR count). The summed E-state index contributed by atoms with van der Waals surface area (Å²) >= 11 is 0. The second kappa shape index (κ2) is 47.4. The van der Waals surface area contributed by atoms with E-state index < -0.39 is 23.5 Å². The van der Waals surface area contributed by atoms with Crippen LogP contribution in [0.25, 0.3) is 0 Å². The standard InChI is InChI=1S/C7H13NO2.C7H13NO.C7H12O3.C7H12O2.C7H14O.C7H12O.C7H14.C7H12.C6H12O.C6H12.C6H10/c1-5-10-6(9)8-7(2,3)4;1-5-6(9)8-7(2,3)4;1-5-9-6(8)10-7(2,3)4;1-5-6(8)9-7(2,3)4;1-7(2,3)4-6-5-8-6;1-5-6(8)7(2,3)4;2*1-5-6-7(2,3)4;1-6(2,3)5-4-7-5;2*1-5-6(2,3)4/h5H,1H2,2-4H3,(H,8,9);5H,1H2,2-4H3,(H,8,9);5H,1H2,2-4H3;5H,1H2,2-4H3;6H,4-5H2,1-3H3;5H,1H2,2-4H3;5H,1,6H2,2-4H3;1H,6H2,2-4H3;5H,4H2,1-3H3;5H,1H2,2-4H3;1H,2-4H3. The van der Waals surface area contributed by atoms with E-state index in [9.17, 15) is 24.0 Å². The first kappa shape index (κ1) is 100. The van der Waals surface area contributed by atoms with Crippen LogP contribution in [0.3, 0.4) is 0 Å². The number of ether oxygens (including phenoxy) is 6. The fourth-order valence-corrected chi connectivity index (χ4v) is 3.98. The Hall–Kier alpha value is -5.63. The van der Waals surface area contributed by atoms with Crippen LogP contribution in [0.15, 0.2) is 89.0 Å². The van der Waals surface area contributed by atoms with Gasteiger partial charge >= 0.3 is 18.2 Å². The maximum absolute atomic E-state index is 10.7. The number of nitrogens with one attached hydrogen (secondary N) is 2. The molecule has 2 fully saturated rings. The van der Waals surface area contributed by atoms with Crippen molar-refractivity contribution in [3.8, 4) is 24.7 Å². The van der Waals surface area contributed by atoms with Crippen molar-refractivity contribution in [2.24, 2.45) is 37.9 Å². The molecule has 0 radical (unpaired) electrons. The van der Waals surface area contributed by atoms with Gasteiger partial charge in [-0.3, -0.25) is 9.59 Å². The van der Waals surface area contributed by atoms with Gasteiger partial charge in [0, 0.05) is 34.4 Å². The van der Waals surface area contributed by atoms with Crippen LogP contribution in [-0.4, -0.2) is 77.6 Å². The first-order chi connectivity index (χ1) is 38.2. The van der Waals surface area contributed by atoms with E-state index in [-0.39, 0.29) is 39.6 Å². The molecule has 13 nitrogen and oxygen atoms in total. The third kappa shape index (κ3) is 123. The number of esters is 1. The molecule has 2 aliphatic rings. The van der Waals surface area contributed by atoms with Crippen LogP contribution < -0.4 is 10.6 Å². The molecule has 0 aromatic rings. The van der Waals surface area contributed by atoms with Crippen LogP contribution in [0.4, 0.5) is 9.59 Å². The fourth-order valence-electron chi connectivity index (χ4n) is 3.98. The van der Waals surface area contributed by atoms with Crippen LogP contribution in [0.2, 0.25) is 0 Å². The Kier molecular flexibility index (Phi) is 54.7. The fraction of sp³-hybridized carbons (Fsp3) is 0.689. The predicted octanol–water partition coefficient (Wildman–Crippen LogP) is 19.9. The van der Waals surface area contributed by atoms with E-state index in [1.165, 1.54) is 18.6 Å².